The van der Waals surface area contributed by atoms with Crippen molar-refractivity contribution in [2.45, 2.75) is 26.4 Å². The normalized spacial score (nSPS) is 13.4. The number of hydrogen-bond acceptors (Lipinski definition) is 3. The Kier molecular flexibility index (Phi) is 4.78. The molecule has 0 spiro atoms. The van der Waals surface area contributed by atoms with E-state index in [0.717, 1.165) is 25.5 Å². The van der Waals surface area contributed by atoms with E-state index in [1.807, 2.05) is 19.3 Å². The summed E-state index contributed by atoms with van der Waals surface area (Å²) in [5.74, 6) is 1.08. The first-order valence-electron chi connectivity index (χ1n) is 5.45. The summed E-state index contributed by atoms with van der Waals surface area (Å²) >= 11 is 0. The van der Waals surface area contributed by atoms with Gasteiger partial charge in [0.2, 0.25) is 0 Å². The van der Waals surface area contributed by atoms with Gasteiger partial charge in [0.15, 0.2) is 0 Å². The molecule has 1 N–H and O–H groups in total. The average Bonchev–Trinajstić information content (AvgIpc) is 2.50. The molecule has 86 valence electrons. The molecule has 0 fully saturated rings. The van der Waals surface area contributed by atoms with Crippen LogP contribution in [0.15, 0.2) is 12.4 Å². The minimum atomic E-state index is 0.531. The minimum absolute atomic E-state index is 0.531. The fourth-order valence-electron chi connectivity index (χ4n) is 1.68. The van der Waals surface area contributed by atoms with Crippen molar-refractivity contribution in [3.63, 3.8) is 0 Å². The van der Waals surface area contributed by atoms with Crippen molar-refractivity contribution in [3.05, 3.63) is 18.2 Å². The Morgan fingerprint density at radius 1 is 1.53 bits per heavy atom. The highest BCUT2D eigenvalue weighted by atomic mass is 15.1. The summed E-state index contributed by atoms with van der Waals surface area (Å²) < 4.78 is 2.16. The third-order valence-corrected chi connectivity index (χ3v) is 2.41. The van der Waals surface area contributed by atoms with E-state index in [-0.39, 0.29) is 0 Å². The zero-order valence-corrected chi connectivity index (χ0v) is 10.2. The zero-order chi connectivity index (χ0) is 11.3. The molecule has 0 amide bonds. The quantitative estimate of drug-likeness (QED) is 0.751. The first kappa shape index (κ1) is 12.2. The summed E-state index contributed by atoms with van der Waals surface area (Å²) in [6.07, 6.45) is 3.87. The van der Waals surface area contributed by atoms with Crippen molar-refractivity contribution in [1.82, 2.24) is 19.8 Å². The van der Waals surface area contributed by atoms with E-state index >= 15 is 0 Å². The molecule has 1 aromatic heterocycles. The van der Waals surface area contributed by atoms with Crippen molar-refractivity contribution in [1.29, 1.82) is 0 Å². The Balaban J connectivity index is 2.19. The van der Waals surface area contributed by atoms with Crippen LogP contribution < -0.4 is 5.32 Å². The van der Waals surface area contributed by atoms with Crippen LogP contribution in [0.1, 0.15) is 12.7 Å². The van der Waals surface area contributed by atoms with Crippen LogP contribution >= 0.6 is 0 Å². The van der Waals surface area contributed by atoms with Gasteiger partial charge >= 0.3 is 0 Å². The van der Waals surface area contributed by atoms with Crippen LogP contribution in [0.3, 0.4) is 0 Å². The minimum Gasteiger partial charge on any atom is -0.334 e. The summed E-state index contributed by atoms with van der Waals surface area (Å²) in [6.45, 7) is 7.29. The average molecular weight is 210 g/mol. The van der Waals surface area contributed by atoms with Gasteiger partial charge in [0, 0.05) is 38.1 Å². The van der Waals surface area contributed by atoms with Crippen molar-refractivity contribution < 1.29 is 0 Å². The number of likely N-dealkylation sites (N-methyl/N-ethyl adjacent to an activating group) is 1. The molecule has 0 aliphatic heterocycles. The third-order valence-electron chi connectivity index (χ3n) is 2.41. The lowest BCUT2D eigenvalue weighted by molar-refractivity contribution is 0.347. The SMILES string of the molecule is Cc1nccn1CCNC(C)CN(C)C. The van der Waals surface area contributed by atoms with Gasteiger partial charge in [-0.25, -0.2) is 4.98 Å². The van der Waals surface area contributed by atoms with E-state index in [1.165, 1.54) is 0 Å². The van der Waals surface area contributed by atoms with E-state index in [9.17, 15) is 0 Å². The van der Waals surface area contributed by atoms with Crippen LogP contribution in [0.25, 0.3) is 0 Å². The van der Waals surface area contributed by atoms with Gasteiger partial charge in [-0.3, -0.25) is 0 Å². The topological polar surface area (TPSA) is 33.1 Å². The lowest BCUT2D eigenvalue weighted by Gasteiger charge is -2.18. The second kappa shape index (κ2) is 5.88. The highest BCUT2D eigenvalue weighted by molar-refractivity contribution is 4.88. The van der Waals surface area contributed by atoms with Crippen LogP contribution in [-0.4, -0.2) is 47.7 Å². The lowest BCUT2D eigenvalue weighted by atomic mass is 10.3. The Bertz CT molecular complexity index is 280. The molecule has 0 radical (unpaired) electrons. The van der Waals surface area contributed by atoms with Gasteiger partial charge in [-0.2, -0.15) is 0 Å². The first-order valence-corrected chi connectivity index (χ1v) is 5.45. The fraction of sp³-hybridized carbons (Fsp3) is 0.727. The van der Waals surface area contributed by atoms with E-state index in [2.05, 4.69) is 40.8 Å². The number of aromatic nitrogens is 2. The molecular weight excluding hydrogens is 188 g/mol. The van der Waals surface area contributed by atoms with Crippen molar-refractivity contribution in [2.24, 2.45) is 0 Å². The molecule has 15 heavy (non-hydrogen) atoms. The van der Waals surface area contributed by atoms with E-state index in [1.54, 1.807) is 0 Å². The standard InChI is InChI=1S/C11H22N4/c1-10(9-14(3)4)12-5-7-15-8-6-13-11(15)2/h6,8,10,12H,5,7,9H2,1-4H3. The Morgan fingerprint density at radius 3 is 2.80 bits per heavy atom. The Morgan fingerprint density at radius 2 is 2.27 bits per heavy atom. The first-order chi connectivity index (χ1) is 7.09. The molecular formula is C11H22N4. The van der Waals surface area contributed by atoms with Gasteiger partial charge in [-0.05, 0) is 27.9 Å². The lowest BCUT2D eigenvalue weighted by Crippen LogP contribution is -2.37. The number of imidazole rings is 1. The number of aryl methyl sites for hydroxylation is 1. The number of hydrogen-bond donors (Lipinski definition) is 1. The second-order valence-corrected chi connectivity index (χ2v) is 4.29. The largest absolute Gasteiger partial charge is 0.334 e. The van der Waals surface area contributed by atoms with Gasteiger partial charge in [0.25, 0.3) is 0 Å². The van der Waals surface area contributed by atoms with Crippen molar-refractivity contribution in [3.8, 4) is 0 Å². The molecule has 0 bridgehead atoms. The Labute approximate surface area is 92.3 Å². The van der Waals surface area contributed by atoms with Crippen LogP contribution in [0.2, 0.25) is 0 Å². The van der Waals surface area contributed by atoms with E-state index < -0.39 is 0 Å². The molecule has 0 aliphatic carbocycles. The second-order valence-electron chi connectivity index (χ2n) is 4.29. The van der Waals surface area contributed by atoms with Gasteiger partial charge in [0.05, 0.1) is 0 Å². The molecule has 1 unspecified atom stereocenters. The maximum atomic E-state index is 4.19. The summed E-state index contributed by atoms with van der Waals surface area (Å²) in [6, 6.07) is 0.531. The maximum Gasteiger partial charge on any atom is 0.105 e. The molecule has 0 saturated carbocycles. The maximum absolute atomic E-state index is 4.19. The highest BCUT2D eigenvalue weighted by Gasteiger charge is 2.02. The summed E-state index contributed by atoms with van der Waals surface area (Å²) in [7, 11) is 4.19. The molecule has 0 aromatic carbocycles. The Hall–Kier alpha value is -0.870. The van der Waals surface area contributed by atoms with E-state index in [4.69, 9.17) is 0 Å². The van der Waals surface area contributed by atoms with Gasteiger partial charge in [-0.1, -0.05) is 0 Å². The summed E-state index contributed by atoms with van der Waals surface area (Å²) in [5, 5.41) is 3.49. The molecule has 1 rings (SSSR count). The van der Waals surface area contributed by atoms with Gasteiger partial charge < -0.3 is 14.8 Å². The third kappa shape index (κ3) is 4.44. The van der Waals surface area contributed by atoms with Crippen molar-refractivity contribution in [2.75, 3.05) is 27.2 Å². The van der Waals surface area contributed by atoms with Gasteiger partial charge in [-0.15, -0.1) is 0 Å². The number of nitrogens with zero attached hydrogens (tertiary/aromatic N) is 3. The van der Waals surface area contributed by atoms with Crippen molar-refractivity contribution >= 4 is 0 Å². The molecule has 0 saturated heterocycles. The van der Waals surface area contributed by atoms with Crippen LogP contribution in [0.5, 0.6) is 0 Å². The van der Waals surface area contributed by atoms with Gasteiger partial charge in [0.1, 0.15) is 5.82 Å². The number of rotatable bonds is 6. The molecule has 4 heteroatoms. The molecule has 1 heterocycles. The van der Waals surface area contributed by atoms with Crippen LogP contribution in [-0.2, 0) is 6.54 Å². The van der Waals surface area contributed by atoms with Crippen LogP contribution in [0, 0.1) is 6.92 Å². The molecule has 0 aliphatic rings. The smallest absolute Gasteiger partial charge is 0.105 e. The highest BCUT2D eigenvalue weighted by Crippen LogP contribution is 1.94. The molecule has 1 atom stereocenters. The van der Waals surface area contributed by atoms with E-state index in [0.29, 0.717) is 6.04 Å². The van der Waals surface area contributed by atoms with Crippen LogP contribution in [0.4, 0.5) is 0 Å². The fourth-order valence-corrected chi connectivity index (χ4v) is 1.68. The zero-order valence-electron chi connectivity index (χ0n) is 10.2. The molecule has 4 nitrogen and oxygen atoms in total. The summed E-state index contributed by atoms with van der Waals surface area (Å²) in [5.41, 5.74) is 0. The number of nitrogens with one attached hydrogen (secondary N) is 1. The predicted molar refractivity (Wildman–Crippen MR) is 63.0 cm³/mol. The monoisotopic (exact) mass is 210 g/mol. The summed E-state index contributed by atoms with van der Waals surface area (Å²) in [4.78, 5) is 6.38. The predicted octanol–water partition coefficient (Wildman–Crippen LogP) is 0.731. The molecule has 1 aromatic rings.